The third-order valence-corrected chi connectivity index (χ3v) is 8.35. The summed E-state index contributed by atoms with van der Waals surface area (Å²) in [5.74, 6) is -2.38. The summed E-state index contributed by atoms with van der Waals surface area (Å²) in [5.41, 5.74) is 2.02. The Morgan fingerprint density at radius 1 is 1.02 bits per heavy atom. The first kappa shape index (κ1) is 30.6. The van der Waals surface area contributed by atoms with Crippen LogP contribution in [0.2, 0.25) is 0 Å². The van der Waals surface area contributed by atoms with Crippen molar-refractivity contribution in [1.29, 1.82) is 0 Å². The van der Waals surface area contributed by atoms with E-state index in [1.807, 2.05) is 5.38 Å². The summed E-state index contributed by atoms with van der Waals surface area (Å²) < 4.78 is 13.0. The highest BCUT2D eigenvalue weighted by atomic mass is 32.2. The van der Waals surface area contributed by atoms with Gasteiger partial charge in [0, 0.05) is 31.0 Å². The number of tetrazole rings is 1. The Kier molecular flexibility index (Phi) is 10.6. The van der Waals surface area contributed by atoms with Crippen LogP contribution in [0.1, 0.15) is 36.5 Å². The lowest BCUT2D eigenvalue weighted by Crippen LogP contribution is -2.31. The van der Waals surface area contributed by atoms with Gasteiger partial charge in [-0.05, 0) is 69.5 Å². The second-order valence-electron chi connectivity index (χ2n) is 8.39. The van der Waals surface area contributed by atoms with Crippen LogP contribution in [0.15, 0.2) is 64.5 Å². The molecule has 0 amide bonds. The maximum atomic E-state index is 12.7. The Labute approximate surface area is 250 Å². The Balaban J connectivity index is 0.000000446. The van der Waals surface area contributed by atoms with Crippen molar-refractivity contribution in [2.75, 3.05) is 12.3 Å². The average molecular weight is 630 g/mol. The molecule has 0 saturated heterocycles. The Morgan fingerprint density at radius 3 is 2.12 bits per heavy atom. The van der Waals surface area contributed by atoms with Crippen molar-refractivity contribution >= 4 is 58.3 Å². The number of thioether (sulfide) groups is 1. The molecule has 3 aromatic heterocycles. The molecule has 13 nitrogen and oxygen atoms in total. The van der Waals surface area contributed by atoms with E-state index in [4.69, 9.17) is 19.7 Å². The van der Waals surface area contributed by atoms with Crippen LogP contribution in [0.5, 0.6) is 11.5 Å². The number of esters is 2. The Hall–Kier alpha value is -4.38. The van der Waals surface area contributed by atoms with Gasteiger partial charge in [0.1, 0.15) is 9.75 Å². The number of nitrogens with one attached hydrogen (secondary N) is 1. The van der Waals surface area contributed by atoms with Crippen LogP contribution in [0.25, 0.3) is 0 Å². The van der Waals surface area contributed by atoms with Gasteiger partial charge in [0.25, 0.3) is 0 Å². The van der Waals surface area contributed by atoms with Gasteiger partial charge in [0.2, 0.25) is 5.16 Å². The second kappa shape index (κ2) is 14.5. The number of hydrogen-bond acceptors (Lipinski definition) is 13. The summed E-state index contributed by atoms with van der Waals surface area (Å²) in [7, 11) is 1.79. The molecule has 0 spiro atoms. The number of hydrogen-bond donors (Lipinski definition) is 3. The standard InChI is InChI=1S/C22H19N5O4S3.C4H4O4/c1-27-22(24-25-26-27)34-12-15-14-11-17(31-21(29)19-5-3-9-33-19)16(10-13(14)6-7-23-15)30-20(28)18-4-2-8-32-18;5-3(6)1-2-4(7)8/h2-5,8-11,15,23H,6-7,12H2,1H3;1-2H,(H,5,6)(H,7,8)/b;2-1+. The first-order valence-electron chi connectivity index (χ1n) is 12.1. The summed E-state index contributed by atoms with van der Waals surface area (Å²) in [5, 5.41) is 35.0. The molecule has 0 fully saturated rings. The van der Waals surface area contributed by atoms with E-state index in [1.165, 1.54) is 34.4 Å². The van der Waals surface area contributed by atoms with Crippen LogP contribution >= 0.6 is 34.4 Å². The van der Waals surface area contributed by atoms with Gasteiger partial charge in [-0.1, -0.05) is 23.9 Å². The summed E-state index contributed by atoms with van der Waals surface area (Å²) >= 11 is 4.11. The Morgan fingerprint density at radius 2 is 1.62 bits per heavy atom. The van der Waals surface area contributed by atoms with Crippen molar-refractivity contribution in [2.24, 2.45) is 7.05 Å². The number of carboxylic acids is 2. The summed E-state index contributed by atoms with van der Waals surface area (Å²) in [4.78, 5) is 45.4. The van der Waals surface area contributed by atoms with E-state index in [0.717, 1.165) is 24.1 Å². The molecule has 5 rings (SSSR count). The zero-order valence-corrected chi connectivity index (χ0v) is 24.3. The monoisotopic (exact) mass is 629 g/mol. The molecule has 0 aliphatic carbocycles. The minimum atomic E-state index is -1.26. The molecule has 16 heteroatoms. The number of benzene rings is 1. The van der Waals surface area contributed by atoms with Crippen molar-refractivity contribution in [3.8, 4) is 11.5 Å². The number of carbonyl (C=O) groups excluding carboxylic acids is 2. The molecule has 218 valence electrons. The molecule has 4 heterocycles. The summed E-state index contributed by atoms with van der Waals surface area (Å²) in [6, 6.07) is 10.5. The maximum absolute atomic E-state index is 12.7. The molecule has 1 aliphatic heterocycles. The van der Waals surface area contributed by atoms with Gasteiger partial charge < -0.3 is 25.0 Å². The van der Waals surface area contributed by atoms with E-state index in [2.05, 4.69) is 20.8 Å². The molecule has 4 aromatic rings. The molecule has 1 unspecified atom stereocenters. The lowest BCUT2D eigenvalue weighted by Gasteiger charge is -2.27. The third-order valence-electron chi connectivity index (χ3n) is 5.54. The first-order valence-corrected chi connectivity index (χ1v) is 14.9. The molecular weight excluding hydrogens is 607 g/mol. The van der Waals surface area contributed by atoms with Crippen molar-refractivity contribution < 1.29 is 38.9 Å². The smallest absolute Gasteiger partial charge is 0.353 e. The molecule has 0 radical (unpaired) electrons. The van der Waals surface area contributed by atoms with E-state index in [0.29, 0.717) is 32.8 Å². The lowest BCUT2D eigenvalue weighted by atomic mass is 9.94. The maximum Gasteiger partial charge on any atom is 0.353 e. The number of ether oxygens (including phenoxy) is 2. The number of aliphatic carboxylic acids is 2. The molecule has 3 N–H and O–H groups in total. The summed E-state index contributed by atoms with van der Waals surface area (Å²) in [6.45, 7) is 0.766. The minimum Gasteiger partial charge on any atom is -0.478 e. The fraction of sp³-hybridized carbons (Fsp3) is 0.192. The SMILES string of the molecule is Cn1nnnc1SCC1NCCc2cc(OC(=O)c3cccs3)c(OC(=O)c3cccs3)cc21.O=C(O)/C=C/C(=O)O. The van der Waals surface area contributed by atoms with Crippen LogP contribution in [0.3, 0.4) is 0 Å². The number of nitrogens with zero attached hydrogens (tertiary/aromatic N) is 4. The van der Waals surface area contributed by atoms with E-state index >= 15 is 0 Å². The molecular formula is C26H23N5O8S3. The van der Waals surface area contributed by atoms with Crippen LogP contribution < -0.4 is 14.8 Å². The molecule has 1 atom stereocenters. The quantitative estimate of drug-likeness (QED) is 0.106. The van der Waals surface area contributed by atoms with Crippen LogP contribution in [-0.2, 0) is 23.1 Å². The van der Waals surface area contributed by atoms with Crippen molar-refractivity contribution in [2.45, 2.75) is 17.6 Å². The van der Waals surface area contributed by atoms with Gasteiger partial charge in [0.15, 0.2) is 11.5 Å². The van der Waals surface area contributed by atoms with E-state index in [9.17, 15) is 19.2 Å². The van der Waals surface area contributed by atoms with Crippen LogP contribution in [-0.4, -0.2) is 66.6 Å². The normalized spacial score (nSPS) is 14.0. The number of carboxylic acid groups (broad SMARTS) is 2. The highest BCUT2D eigenvalue weighted by Gasteiger charge is 2.26. The molecule has 1 aromatic carbocycles. The predicted molar refractivity (Wildman–Crippen MR) is 153 cm³/mol. The van der Waals surface area contributed by atoms with Crippen molar-refractivity contribution in [1.82, 2.24) is 25.5 Å². The lowest BCUT2D eigenvalue weighted by molar-refractivity contribution is -0.134. The zero-order valence-electron chi connectivity index (χ0n) is 21.8. The zero-order chi connectivity index (χ0) is 30.1. The summed E-state index contributed by atoms with van der Waals surface area (Å²) in [6.07, 6.45) is 1.87. The van der Waals surface area contributed by atoms with Crippen molar-refractivity contribution in [3.05, 3.63) is 80.2 Å². The van der Waals surface area contributed by atoms with Crippen LogP contribution in [0.4, 0.5) is 0 Å². The number of aromatic nitrogens is 4. The average Bonchev–Trinajstić information content (AvgIpc) is 3.75. The number of carbonyl (C=O) groups is 4. The Bertz CT molecular complexity index is 1570. The molecule has 0 saturated carbocycles. The second-order valence-corrected chi connectivity index (χ2v) is 11.3. The topological polar surface area (TPSA) is 183 Å². The molecule has 1 aliphatic rings. The number of thiophene rings is 2. The van der Waals surface area contributed by atoms with Crippen LogP contribution in [0, 0.1) is 0 Å². The largest absolute Gasteiger partial charge is 0.478 e. The first-order chi connectivity index (χ1) is 20.2. The van der Waals surface area contributed by atoms with Gasteiger partial charge in [-0.3, -0.25) is 0 Å². The molecule has 42 heavy (non-hydrogen) atoms. The van der Waals surface area contributed by atoms with E-state index < -0.39 is 23.9 Å². The van der Waals surface area contributed by atoms with Gasteiger partial charge in [0.05, 0.1) is 0 Å². The van der Waals surface area contributed by atoms with E-state index in [-0.39, 0.29) is 17.5 Å². The fourth-order valence-electron chi connectivity index (χ4n) is 3.69. The highest BCUT2D eigenvalue weighted by Crippen LogP contribution is 2.38. The number of fused-ring (bicyclic) bond motifs is 1. The van der Waals surface area contributed by atoms with Gasteiger partial charge >= 0.3 is 23.9 Å². The van der Waals surface area contributed by atoms with E-state index in [1.54, 1.807) is 53.5 Å². The van der Waals surface area contributed by atoms with Gasteiger partial charge in [-0.2, -0.15) is 0 Å². The number of rotatable bonds is 9. The number of aryl methyl sites for hydroxylation is 1. The molecule has 0 bridgehead atoms. The predicted octanol–water partition coefficient (Wildman–Crippen LogP) is 3.46. The minimum absolute atomic E-state index is 0.0216. The van der Waals surface area contributed by atoms with Gasteiger partial charge in [-0.25, -0.2) is 23.9 Å². The third kappa shape index (κ3) is 8.32. The highest BCUT2D eigenvalue weighted by molar-refractivity contribution is 7.99. The van der Waals surface area contributed by atoms with Crippen molar-refractivity contribution in [3.63, 3.8) is 0 Å². The fourth-order valence-corrected chi connectivity index (χ4v) is 5.82. The van der Waals surface area contributed by atoms with Gasteiger partial charge in [-0.15, -0.1) is 27.8 Å².